The first-order valence-electron chi connectivity index (χ1n) is 6.10. The zero-order valence-corrected chi connectivity index (χ0v) is 11.5. The highest BCUT2D eigenvalue weighted by atomic mass is 35.5. The molecule has 0 aliphatic carbocycles. The van der Waals surface area contributed by atoms with Crippen molar-refractivity contribution in [1.29, 1.82) is 0 Å². The van der Waals surface area contributed by atoms with Crippen molar-refractivity contribution in [2.75, 3.05) is 5.88 Å². The Morgan fingerprint density at radius 1 is 1.50 bits per heavy atom. The number of aliphatic hydroxyl groups is 1. The molecule has 102 valence electrons. The van der Waals surface area contributed by atoms with Gasteiger partial charge in [0, 0.05) is 5.88 Å². The van der Waals surface area contributed by atoms with Gasteiger partial charge >= 0.3 is 5.97 Å². The van der Waals surface area contributed by atoms with Gasteiger partial charge in [0.15, 0.2) is 5.60 Å². The Balaban J connectivity index is 2.40. The maximum atomic E-state index is 12.0. The molecule has 2 N–H and O–H groups in total. The summed E-state index contributed by atoms with van der Waals surface area (Å²) < 4.78 is 5.22. The Morgan fingerprint density at radius 3 is 2.56 bits per heavy atom. The number of carbonyl (C=O) groups excluding carboxylic acids is 2. The van der Waals surface area contributed by atoms with Crippen LogP contribution in [0.4, 0.5) is 0 Å². The average molecular weight is 276 g/mol. The number of esters is 1. The molecule has 0 bridgehead atoms. The van der Waals surface area contributed by atoms with E-state index >= 15 is 0 Å². The third-order valence-corrected chi connectivity index (χ3v) is 4.40. The number of ether oxygens (including phenoxy) is 1. The Labute approximate surface area is 111 Å². The molecule has 0 radical (unpaired) electrons. The lowest BCUT2D eigenvalue weighted by atomic mass is 9.66. The second kappa shape index (κ2) is 4.10. The summed E-state index contributed by atoms with van der Waals surface area (Å²) in [4.78, 5) is 23.8. The van der Waals surface area contributed by atoms with Crippen molar-refractivity contribution in [1.82, 2.24) is 5.32 Å². The fraction of sp³-hybridized carbons (Fsp3) is 0.833. The third-order valence-electron chi connectivity index (χ3n) is 4.18. The monoisotopic (exact) mass is 275 g/mol. The molecule has 0 aromatic rings. The Hall–Kier alpha value is -0.810. The molecule has 2 fully saturated rings. The lowest BCUT2D eigenvalue weighted by Gasteiger charge is -2.54. The average Bonchev–Trinajstić information content (AvgIpc) is 2.46. The van der Waals surface area contributed by atoms with Crippen LogP contribution in [0.5, 0.6) is 0 Å². The summed E-state index contributed by atoms with van der Waals surface area (Å²) in [6.45, 7) is 5.29. The summed E-state index contributed by atoms with van der Waals surface area (Å²) >= 11 is 5.69. The van der Waals surface area contributed by atoms with E-state index in [1.54, 1.807) is 20.8 Å². The number of alkyl halides is 1. The van der Waals surface area contributed by atoms with E-state index < -0.39 is 29.1 Å². The number of amides is 1. The van der Waals surface area contributed by atoms with Crippen molar-refractivity contribution in [2.45, 2.75) is 44.4 Å². The van der Waals surface area contributed by atoms with Crippen LogP contribution in [0.15, 0.2) is 0 Å². The van der Waals surface area contributed by atoms with E-state index in [-0.39, 0.29) is 11.8 Å². The highest BCUT2D eigenvalue weighted by Crippen LogP contribution is 2.52. The van der Waals surface area contributed by atoms with Crippen LogP contribution in [0.2, 0.25) is 0 Å². The van der Waals surface area contributed by atoms with Gasteiger partial charge in [-0.15, -0.1) is 11.6 Å². The Kier molecular flexibility index (Phi) is 3.10. The van der Waals surface area contributed by atoms with Crippen molar-refractivity contribution in [3.63, 3.8) is 0 Å². The van der Waals surface area contributed by atoms with Crippen LogP contribution >= 0.6 is 11.6 Å². The number of rotatable bonds is 4. The molecule has 0 spiro atoms. The lowest BCUT2D eigenvalue weighted by molar-refractivity contribution is -0.238. The van der Waals surface area contributed by atoms with Crippen LogP contribution in [0.1, 0.15) is 27.2 Å². The van der Waals surface area contributed by atoms with Gasteiger partial charge in [0.25, 0.3) is 0 Å². The van der Waals surface area contributed by atoms with Gasteiger partial charge in [0.1, 0.15) is 0 Å². The van der Waals surface area contributed by atoms with Crippen LogP contribution in [0, 0.1) is 11.8 Å². The van der Waals surface area contributed by atoms with Crippen LogP contribution in [0.3, 0.4) is 0 Å². The Morgan fingerprint density at radius 2 is 2.11 bits per heavy atom. The normalized spacial score (nSPS) is 40.0. The highest BCUT2D eigenvalue weighted by molar-refractivity contribution is 6.18. The molecule has 1 amide bonds. The topological polar surface area (TPSA) is 75.6 Å². The van der Waals surface area contributed by atoms with Gasteiger partial charge in [0.2, 0.25) is 11.4 Å². The van der Waals surface area contributed by atoms with Crippen LogP contribution < -0.4 is 5.32 Å². The number of nitrogens with one attached hydrogen (secondary N) is 1. The van der Waals surface area contributed by atoms with Gasteiger partial charge in [-0.2, -0.15) is 0 Å². The molecular formula is C12H18ClNO4. The summed E-state index contributed by atoms with van der Waals surface area (Å²) in [6, 6.07) is 0. The number of carbonyl (C=O) groups is 2. The number of hydrogen-bond donors (Lipinski definition) is 2. The predicted octanol–water partition coefficient (Wildman–Crippen LogP) is 0.432. The smallest absolute Gasteiger partial charge is 0.339 e. The first-order chi connectivity index (χ1) is 8.31. The summed E-state index contributed by atoms with van der Waals surface area (Å²) in [5.41, 5.74) is -2.31. The molecule has 0 aromatic heterocycles. The first-order valence-corrected chi connectivity index (χ1v) is 6.64. The first kappa shape index (κ1) is 13.6. The van der Waals surface area contributed by atoms with E-state index in [1.165, 1.54) is 0 Å². The maximum Gasteiger partial charge on any atom is 0.339 e. The molecule has 5 nitrogen and oxygen atoms in total. The van der Waals surface area contributed by atoms with Crippen LogP contribution in [-0.2, 0) is 14.3 Å². The second-order valence-electron chi connectivity index (χ2n) is 5.51. The molecule has 2 heterocycles. The minimum absolute atomic E-state index is 0.160. The fourth-order valence-corrected chi connectivity index (χ4v) is 3.28. The lowest BCUT2D eigenvalue weighted by Crippen LogP contribution is -2.79. The minimum atomic E-state index is -1.31. The van der Waals surface area contributed by atoms with Gasteiger partial charge in [-0.3, -0.25) is 4.79 Å². The summed E-state index contributed by atoms with van der Waals surface area (Å²) in [7, 11) is 0. The van der Waals surface area contributed by atoms with Crippen molar-refractivity contribution in [3.05, 3.63) is 0 Å². The molecule has 18 heavy (non-hydrogen) atoms. The van der Waals surface area contributed by atoms with Gasteiger partial charge in [0.05, 0.1) is 12.0 Å². The number of halogens is 1. The third kappa shape index (κ3) is 1.37. The predicted molar refractivity (Wildman–Crippen MR) is 65.0 cm³/mol. The molecule has 2 rings (SSSR count). The molecule has 2 saturated heterocycles. The molecule has 0 aromatic carbocycles. The molecule has 0 saturated carbocycles. The number of aliphatic hydroxyl groups excluding tert-OH is 1. The number of hydrogen-bond acceptors (Lipinski definition) is 4. The van der Waals surface area contributed by atoms with Gasteiger partial charge < -0.3 is 15.2 Å². The van der Waals surface area contributed by atoms with Gasteiger partial charge in [-0.1, -0.05) is 13.8 Å². The van der Waals surface area contributed by atoms with Crippen molar-refractivity contribution in [2.24, 2.45) is 11.8 Å². The standard InChI is InChI=1S/C12H18ClNO4/c1-6(2)8(15)12-10(17)18-11(12,3)7(4-5-13)9(16)14-12/h6-8,15H,4-5H2,1-3H3,(H,14,16)/t7?,8?,11-,12?/m1/s1. The summed E-state index contributed by atoms with van der Waals surface area (Å²) in [6.07, 6.45) is -0.544. The molecule has 2 aliphatic rings. The van der Waals surface area contributed by atoms with Crippen LogP contribution in [-0.4, -0.2) is 40.1 Å². The SMILES string of the molecule is CC(C)C(O)C12NC(=O)C(CCCl)[C@@]1(C)OC2=O. The van der Waals surface area contributed by atoms with Crippen molar-refractivity contribution in [3.8, 4) is 0 Å². The van der Waals surface area contributed by atoms with Crippen molar-refractivity contribution >= 4 is 23.5 Å². The van der Waals surface area contributed by atoms with Gasteiger partial charge in [-0.05, 0) is 19.3 Å². The zero-order valence-electron chi connectivity index (χ0n) is 10.7. The van der Waals surface area contributed by atoms with E-state index in [0.717, 1.165) is 0 Å². The second-order valence-corrected chi connectivity index (χ2v) is 5.89. The molecule has 2 aliphatic heterocycles. The molecular weight excluding hydrogens is 258 g/mol. The van der Waals surface area contributed by atoms with Crippen LogP contribution in [0.25, 0.3) is 0 Å². The van der Waals surface area contributed by atoms with E-state index in [1.807, 2.05) is 0 Å². The fourth-order valence-electron chi connectivity index (χ4n) is 3.07. The van der Waals surface area contributed by atoms with E-state index in [0.29, 0.717) is 12.3 Å². The maximum absolute atomic E-state index is 12.0. The Bertz CT molecular complexity index is 400. The molecule has 6 heteroatoms. The summed E-state index contributed by atoms with van der Waals surface area (Å²) in [5, 5.41) is 12.9. The van der Waals surface area contributed by atoms with E-state index in [2.05, 4.69) is 5.32 Å². The quantitative estimate of drug-likeness (QED) is 0.576. The molecule has 4 atom stereocenters. The molecule has 3 unspecified atom stereocenters. The highest BCUT2D eigenvalue weighted by Gasteiger charge is 2.79. The minimum Gasteiger partial charge on any atom is -0.453 e. The van der Waals surface area contributed by atoms with E-state index in [4.69, 9.17) is 16.3 Å². The zero-order chi connectivity index (χ0) is 13.7. The number of fused-ring (bicyclic) bond motifs is 1. The summed E-state index contributed by atoms with van der Waals surface area (Å²) in [5.74, 6) is -1.19. The van der Waals surface area contributed by atoms with Crippen molar-refractivity contribution < 1.29 is 19.4 Å². The van der Waals surface area contributed by atoms with E-state index in [9.17, 15) is 14.7 Å². The van der Waals surface area contributed by atoms with Gasteiger partial charge in [-0.25, -0.2) is 4.79 Å². The largest absolute Gasteiger partial charge is 0.453 e.